The Bertz CT molecular complexity index is 1440. The Labute approximate surface area is 249 Å². The van der Waals surface area contributed by atoms with Crippen molar-refractivity contribution in [2.24, 2.45) is 10.8 Å². The fourth-order valence-corrected chi connectivity index (χ4v) is 9.09. The summed E-state index contributed by atoms with van der Waals surface area (Å²) in [5, 5.41) is 9.85. The van der Waals surface area contributed by atoms with Crippen LogP contribution in [-0.2, 0) is 33.5 Å². The Morgan fingerprint density at radius 3 is 2.09 bits per heavy atom. The topological polar surface area (TPSA) is 57.6 Å². The van der Waals surface area contributed by atoms with Crippen LogP contribution in [0, 0.1) is 10.8 Å². The first-order valence-electron chi connectivity index (χ1n) is 15.8. The molecule has 2 aromatic rings. The van der Waals surface area contributed by atoms with Crippen LogP contribution < -0.4 is 0 Å². The van der Waals surface area contributed by atoms with Gasteiger partial charge in [-0.1, -0.05) is 42.5 Å². The molecule has 3 unspecified atom stereocenters. The summed E-state index contributed by atoms with van der Waals surface area (Å²) in [6, 6.07) is 13.0. The zero-order chi connectivity index (χ0) is 30.4. The molecule has 2 bridgehead atoms. The lowest BCUT2D eigenvalue weighted by molar-refractivity contribution is -0.228. The normalized spacial score (nSPS) is 33.0. The summed E-state index contributed by atoms with van der Waals surface area (Å²) >= 11 is 0. The van der Waals surface area contributed by atoms with E-state index in [0.29, 0.717) is 83.6 Å². The van der Waals surface area contributed by atoms with Crippen molar-refractivity contribution in [1.82, 2.24) is 4.90 Å². The van der Waals surface area contributed by atoms with Crippen molar-refractivity contribution in [3.05, 3.63) is 70.3 Å². The van der Waals surface area contributed by atoms with E-state index in [1.807, 2.05) is 4.90 Å². The molecule has 0 radical (unpaired) electrons. The Balaban J connectivity index is 1.24. The third-order valence-electron chi connectivity index (χ3n) is 12.2. The summed E-state index contributed by atoms with van der Waals surface area (Å²) in [6.45, 7) is 1.14. The van der Waals surface area contributed by atoms with E-state index in [-0.39, 0.29) is 17.5 Å². The van der Waals surface area contributed by atoms with Gasteiger partial charge in [-0.05, 0) is 118 Å². The maximum Gasteiger partial charge on any atom is 0.426 e. The first-order chi connectivity index (χ1) is 20.3. The van der Waals surface area contributed by atoms with Crippen LogP contribution in [0.1, 0.15) is 105 Å². The van der Waals surface area contributed by atoms with Gasteiger partial charge in [-0.3, -0.25) is 9.59 Å². The molecule has 1 aliphatic heterocycles. The summed E-state index contributed by atoms with van der Waals surface area (Å²) in [6.07, 6.45) is 3.15. The van der Waals surface area contributed by atoms with Crippen molar-refractivity contribution in [2.75, 3.05) is 6.54 Å². The van der Waals surface area contributed by atoms with Crippen molar-refractivity contribution in [1.29, 1.82) is 0 Å². The molecule has 5 aliphatic carbocycles. The molecule has 1 N–H and O–H groups in total. The fourth-order valence-electron chi connectivity index (χ4n) is 9.09. The van der Waals surface area contributed by atoms with Crippen molar-refractivity contribution in [3.8, 4) is 0 Å². The van der Waals surface area contributed by atoms with Gasteiger partial charge in [0.15, 0.2) is 0 Å². The van der Waals surface area contributed by atoms with Crippen LogP contribution in [0.5, 0.6) is 0 Å². The molecule has 43 heavy (non-hydrogen) atoms. The number of aryl methyl sites for hydroxylation is 1. The second-order valence-electron chi connectivity index (χ2n) is 14.4. The minimum absolute atomic E-state index is 0.121. The molecule has 1 amide bonds. The predicted molar refractivity (Wildman–Crippen MR) is 153 cm³/mol. The van der Waals surface area contributed by atoms with Gasteiger partial charge in [-0.2, -0.15) is 13.2 Å². The number of benzene rings is 2. The van der Waals surface area contributed by atoms with Gasteiger partial charge >= 0.3 is 12.1 Å². The Morgan fingerprint density at radius 2 is 1.51 bits per heavy atom. The number of likely N-dealkylation sites (tertiary alicyclic amines) is 1. The average Bonchev–Trinajstić information content (AvgIpc) is 3.78. The van der Waals surface area contributed by atoms with Gasteiger partial charge < -0.3 is 10.0 Å². The quantitative estimate of drug-likeness (QED) is 0.346. The third kappa shape index (κ3) is 4.36. The molecule has 8 heteroatoms. The van der Waals surface area contributed by atoms with E-state index in [0.717, 1.165) is 16.7 Å². The molecule has 3 atom stereocenters. The van der Waals surface area contributed by atoms with Crippen molar-refractivity contribution >= 4 is 11.9 Å². The van der Waals surface area contributed by atoms with Crippen LogP contribution >= 0.6 is 0 Å². The molecule has 4 saturated carbocycles. The maximum absolute atomic E-state index is 15.0. The van der Waals surface area contributed by atoms with E-state index in [9.17, 15) is 27.9 Å². The first kappa shape index (κ1) is 28.8. The molecule has 6 aliphatic rings. The first-order valence-corrected chi connectivity index (χ1v) is 15.8. The minimum Gasteiger partial charge on any atom is -0.481 e. The molecule has 8 rings (SSSR count). The molecule has 1 heterocycles. The lowest BCUT2D eigenvalue weighted by Crippen LogP contribution is -2.56. The summed E-state index contributed by atoms with van der Waals surface area (Å²) in [5.74, 6) is -0.00273. The SMILES string of the molecule is CC(F)(c1ccc2c(c1)CCC1N(C(=O)C34CCC(C(=O)O)(CC3)CC4)CCC21Cc1ccc(C2CC2)cc1)C(F)(F)F. The number of halogens is 4. The van der Waals surface area contributed by atoms with E-state index in [1.54, 1.807) is 6.07 Å². The Morgan fingerprint density at radius 1 is 0.884 bits per heavy atom. The number of fused-ring (bicyclic) bond motifs is 6. The van der Waals surface area contributed by atoms with Crippen LogP contribution in [-0.4, -0.2) is 40.6 Å². The van der Waals surface area contributed by atoms with Crippen molar-refractivity contribution in [3.63, 3.8) is 0 Å². The van der Waals surface area contributed by atoms with E-state index >= 15 is 4.39 Å². The second-order valence-corrected chi connectivity index (χ2v) is 14.4. The number of rotatable bonds is 6. The number of hydrogen-bond acceptors (Lipinski definition) is 2. The van der Waals surface area contributed by atoms with Gasteiger partial charge in [0.25, 0.3) is 0 Å². The Hall–Kier alpha value is -2.90. The van der Waals surface area contributed by atoms with Gasteiger partial charge in [-0.15, -0.1) is 0 Å². The summed E-state index contributed by atoms with van der Waals surface area (Å²) in [4.78, 5) is 28.5. The average molecular weight is 598 g/mol. The van der Waals surface area contributed by atoms with Crippen LogP contribution in [0.4, 0.5) is 17.6 Å². The van der Waals surface area contributed by atoms with Crippen molar-refractivity contribution < 1.29 is 32.3 Å². The number of carbonyl (C=O) groups excluding carboxylic acids is 1. The molecule has 0 aromatic heterocycles. The molecule has 230 valence electrons. The zero-order valence-electron chi connectivity index (χ0n) is 24.6. The Kier molecular flexibility index (Phi) is 6.41. The van der Waals surface area contributed by atoms with E-state index in [1.165, 1.54) is 30.5 Å². The largest absolute Gasteiger partial charge is 0.481 e. The molecule has 1 saturated heterocycles. The van der Waals surface area contributed by atoms with E-state index in [4.69, 9.17) is 0 Å². The van der Waals surface area contributed by atoms with Crippen LogP contribution in [0.15, 0.2) is 42.5 Å². The fraction of sp³-hybridized carbons (Fsp3) is 0.600. The zero-order valence-corrected chi connectivity index (χ0v) is 24.6. The van der Waals surface area contributed by atoms with E-state index in [2.05, 4.69) is 24.3 Å². The minimum atomic E-state index is -5.02. The molecule has 5 fully saturated rings. The highest BCUT2D eigenvalue weighted by Crippen LogP contribution is 2.59. The number of nitrogens with zero attached hydrogens (tertiary/aromatic N) is 1. The van der Waals surface area contributed by atoms with Gasteiger partial charge in [0.1, 0.15) is 0 Å². The maximum atomic E-state index is 15.0. The van der Waals surface area contributed by atoms with Crippen LogP contribution in [0.2, 0.25) is 0 Å². The third-order valence-corrected chi connectivity index (χ3v) is 12.2. The smallest absolute Gasteiger partial charge is 0.426 e. The standard InChI is InChI=1S/C35H39F4NO3/c1-31(36,35(37,38)39)26-9-10-27-25(20-26)8-11-28-34(27,21-22-2-4-23(5-3-22)24-6-7-24)18-19-40(28)29(41)32-12-15-33(16-13-32,17-14-32)30(42)43/h2-5,9-10,20,24,28H,6-8,11-19,21H2,1H3,(H,42,43). The molecular formula is C35H39F4NO3. The van der Waals surface area contributed by atoms with Gasteiger partial charge in [0, 0.05) is 23.4 Å². The van der Waals surface area contributed by atoms with Crippen LogP contribution in [0.25, 0.3) is 0 Å². The lowest BCUT2D eigenvalue weighted by Gasteiger charge is -2.52. The number of carbonyl (C=O) groups is 2. The highest BCUT2D eigenvalue weighted by Gasteiger charge is 2.60. The van der Waals surface area contributed by atoms with Crippen molar-refractivity contribution in [2.45, 2.75) is 113 Å². The number of amides is 1. The monoisotopic (exact) mass is 597 g/mol. The van der Waals surface area contributed by atoms with E-state index < -0.39 is 34.1 Å². The second kappa shape index (κ2) is 9.55. The van der Waals surface area contributed by atoms with Gasteiger partial charge in [-0.25, -0.2) is 4.39 Å². The number of carboxylic acid groups (broad SMARTS) is 1. The number of alkyl halides is 4. The lowest BCUT2D eigenvalue weighted by atomic mass is 9.53. The van der Waals surface area contributed by atoms with Crippen LogP contribution in [0.3, 0.4) is 0 Å². The molecular weight excluding hydrogens is 558 g/mol. The summed E-state index contributed by atoms with van der Waals surface area (Å²) in [5.41, 5.74) is -1.42. The van der Waals surface area contributed by atoms with Gasteiger partial charge in [0.2, 0.25) is 11.6 Å². The number of hydrogen-bond donors (Lipinski definition) is 1. The highest BCUT2D eigenvalue weighted by atomic mass is 19.4. The highest BCUT2D eigenvalue weighted by molar-refractivity contribution is 5.86. The number of aliphatic carboxylic acids is 1. The molecule has 4 nitrogen and oxygen atoms in total. The molecule has 0 spiro atoms. The number of carboxylic acids is 1. The summed E-state index contributed by atoms with van der Waals surface area (Å²) in [7, 11) is 0. The van der Waals surface area contributed by atoms with Gasteiger partial charge in [0.05, 0.1) is 5.41 Å². The summed E-state index contributed by atoms with van der Waals surface area (Å²) < 4.78 is 55.9. The molecule has 2 aromatic carbocycles. The predicted octanol–water partition coefficient (Wildman–Crippen LogP) is 7.76.